The minimum absolute atomic E-state index is 0.00863. The zero-order chi connectivity index (χ0) is 10.3. The Balaban J connectivity index is 2.46. The van der Waals surface area contributed by atoms with Gasteiger partial charge in [0.1, 0.15) is 11.4 Å². The van der Waals surface area contributed by atoms with Crippen molar-refractivity contribution in [1.29, 1.82) is 0 Å². The van der Waals surface area contributed by atoms with E-state index in [0.717, 1.165) is 18.6 Å². The van der Waals surface area contributed by atoms with Gasteiger partial charge in [-0.05, 0) is 63.3 Å². The molecule has 0 saturated heterocycles. The summed E-state index contributed by atoms with van der Waals surface area (Å²) in [6, 6.07) is 4.26. The monoisotopic (exact) mass is 190 g/mol. The number of fused-ring (bicyclic) bond motifs is 1. The molecule has 2 rings (SSSR count). The van der Waals surface area contributed by atoms with E-state index >= 15 is 0 Å². The highest BCUT2D eigenvalue weighted by molar-refractivity contribution is 5.45. The molecule has 0 unspecified atom stereocenters. The van der Waals surface area contributed by atoms with Crippen molar-refractivity contribution in [2.24, 2.45) is 0 Å². The molecule has 1 heterocycles. The Bertz CT molecular complexity index is 364. The highest BCUT2D eigenvalue weighted by Gasteiger charge is 2.27. The molecule has 1 aliphatic rings. The van der Waals surface area contributed by atoms with Gasteiger partial charge in [-0.15, -0.1) is 0 Å². The SMILES string of the molecule is Cc1ccc2c(c1C)CCC(C)(C)O2. The summed E-state index contributed by atoms with van der Waals surface area (Å²) in [4.78, 5) is 0. The molecule has 0 amide bonds. The normalized spacial score (nSPS) is 18.6. The Hall–Kier alpha value is -0.980. The number of ether oxygens (including phenoxy) is 1. The fraction of sp³-hybridized carbons (Fsp3) is 0.538. The molecule has 0 aromatic heterocycles. The maximum absolute atomic E-state index is 5.96. The molecule has 1 aromatic carbocycles. The molecule has 1 heteroatoms. The highest BCUT2D eigenvalue weighted by Crippen LogP contribution is 2.35. The van der Waals surface area contributed by atoms with Crippen LogP contribution in [0.4, 0.5) is 0 Å². The Labute approximate surface area is 86.1 Å². The first-order valence-electron chi connectivity index (χ1n) is 5.28. The molecule has 0 saturated carbocycles. The van der Waals surface area contributed by atoms with Crippen molar-refractivity contribution in [2.75, 3.05) is 0 Å². The van der Waals surface area contributed by atoms with Gasteiger partial charge in [0, 0.05) is 0 Å². The van der Waals surface area contributed by atoms with Crippen molar-refractivity contribution in [2.45, 2.75) is 46.1 Å². The summed E-state index contributed by atoms with van der Waals surface area (Å²) < 4.78 is 5.96. The lowest BCUT2D eigenvalue weighted by Gasteiger charge is -2.33. The first-order chi connectivity index (χ1) is 6.49. The molecule has 0 bridgehead atoms. The first kappa shape index (κ1) is 9.57. The van der Waals surface area contributed by atoms with E-state index < -0.39 is 0 Å². The summed E-state index contributed by atoms with van der Waals surface area (Å²) in [6.07, 6.45) is 2.26. The van der Waals surface area contributed by atoms with Crippen LogP contribution in [0.2, 0.25) is 0 Å². The predicted octanol–water partition coefficient (Wildman–Crippen LogP) is 3.41. The van der Waals surface area contributed by atoms with E-state index in [1.54, 1.807) is 0 Å². The van der Waals surface area contributed by atoms with E-state index in [9.17, 15) is 0 Å². The zero-order valence-corrected chi connectivity index (χ0v) is 9.48. The lowest BCUT2D eigenvalue weighted by atomic mass is 9.90. The molecular weight excluding hydrogens is 172 g/mol. The molecule has 0 atom stereocenters. The predicted molar refractivity (Wildman–Crippen MR) is 58.9 cm³/mol. The van der Waals surface area contributed by atoms with Gasteiger partial charge in [0.15, 0.2) is 0 Å². The number of rotatable bonds is 0. The molecule has 14 heavy (non-hydrogen) atoms. The molecule has 0 aliphatic carbocycles. The molecule has 76 valence electrons. The Kier molecular flexibility index (Phi) is 2.06. The molecule has 1 aromatic rings. The van der Waals surface area contributed by atoms with Crippen molar-refractivity contribution < 1.29 is 4.74 Å². The van der Waals surface area contributed by atoms with Crippen LogP contribution in [0.1, 0.15) is 37.0 Å². The third-order valence-corrected chi connectivity index (χ3v) is 3.19. The second-order valence-corrected chi connectivity index (χ2v) is 4.85. The summed E-state index contributed by atoms with van der Waals surface area (Å²) >= 11 is 0. The van der Waals surface area contributed by atoms with Crippen LogP contribution in [0.25, 0.3) is 0 Å². The van der Waals surface area contributed by atoms with Gasteiger partial charge in [-0.3, -0.25) is 0 Å². The van der Waals surface area contributed by atoms with Crippen LogP contribution in [0.3, 0.4) is 0 Å². The van der Waals surface area contributed by atoms with E-state index in [4.69, 9.17) is 4.74 Å². The van der Waals surface area contributed by atoms with E-state index in [1.807, 2.05) is 0 Å². The smallest absolute Gasteiger partial charge is 0.123 e. The van der Waals surface area contributed by atoms with E-state index in [-0.39, 0.29) is 5.60 Å². The van der Waals surface area contributed by atoms with Gasteiger partial charge in [-0.2, -0.15) is 0 Å². The third kappa shape index (κ3) is 1.52. The standard InChI is InChI=1S/C13H18O/c1-9-5-6-12-11(10(9)2)7-8-13(3,4)14-12/h5-6H,7-8H2,1-4H3. The summed E-state index contributed by atoms with van der Waals surface area (Å²) in [5, 5.41) is 0. The first-order valence-corrected chi connectivity index (χ1v) is 5.28. The average Bonchev–Trinajstić information content (AvgIpc) is 2.10. The Morgan fingerprint density at radius 1 is 1.21 bits per heavy atom. The maximum atomic E-state index is 5.96. The number of hydrogen-bond acceptors (Lipinski definition) is 1. The largest absolute Gasteiger partial charge is 0.488 e. The number of hydrogen-bond donors (Lipinski definition) is 0. The molecule has 0 fully saturated rings. The molecule has 0 N–H and O–H groups in total. The number of benzene rings is 1. The third-order valence-electron chi connectivity index (χ3n) is 3.19. The van der Waals surface area contributed by atoms with Gasteiger partial charge in [-0.1, -0.05) is 6.07 Å². The van der Waals surface area contributed by atoms with Gasteiger partial charge in [0.05, 0.1) is 0 Å². The van der Waals surface area contributed by atoms with E-state index in [1.165, 1.54) is 16.7 Å². The maximum Gasteiger partial charge on any atom is 0.123 e. The van der Waals surface area contributed by atoms with Crippen molar-refractivity contribution in [3.63, 3.8) is 0 Å². The fourth-order valence-electron chi connectivity index (χ4n) is 2.03. The van der Waals surface area contributed by atoms with Gasteiger partial charge < -0.3 is 4.74 Å². The van der Waals surface area contributed by atoms with Crippen LogP contribution >= 0.6 is 0 Å². The van der Waals surface area contributed by atoms with Gasteiger partial charge >= 0.3 is 0 Å². The second kappa shape index (κ2) is 3.01. The topological polar surface area (TPSA) is 9.23 Å². The van der Waals surface area contributed by atoms with E-state index in [2.05, 4.69) is 39.8 Å². The van der Waals surface area contributed by atoms with E-state index in [0.29, 0.717) is 0 Å². The van der Waals surface area contributed by atoms with Crippen LogP contribution in [0.5, 0.6) is 5.75 Å². The molecule has 0 spiro atoms. The molecular formula is C13H18O. The average molecular weight is 190 g/mol. The van der Waals surface area contributed by atoms with Crippen LogP contribution in [0, 0.1) is 13.8 Å². The summed E-state index contributed by atoms with van der Waals surface area (Å²) in [7, 11) is 0. The summed E-state index contributed by atoms with van der Waals surface area (Å²) in [5.41, 5.74) is 4.18. The Morgan fingerprint density at radius 3 is 2.64 bits per heavy atom. The highest BCUT2D eigenvalue weighted by atomic mass is 16.5. The quantitative estimate of drug-likeness (QED) is 0.609. The lowest BCUT2D eigenvalue weighted by molar-refractivity contribution is 0.0844. The van der Waals surface area contributed by atoms with Crippen LogP contribution in [-0.4, -0.2) is 5.60 Å². The zero-order valence-electron chi connectivity index (χ0n) is 9.48. The minimum atomic E-state index is 0.00863. The molecule has 0 radical (unpaired) electrons. The molecule has 1 aliphatic heterocycles. The fourth-order valence-corrected chi connectivity index (χ4v) is 2.03. The lowest BCUT2D eigenvalue weighted by Crippen LogP contribution is -2.32. The van der Waals surface area contributed by atoms with Gasteiger partial charge in [0.25, 0.3) is 0 Å². The summed E-state index contributed by atoms with van der Waals surface area (Å²) in [6.45, 7) is 8.67. The van der Waals surface area contributed by atoms with Gasteiger partial charge in [0.2, 0.25) is 0 Å². The van der Waals surface area contributed by atoms with Crippen molar-refractivity contribution in [3.8, 4) is 5.75 Å². The van der Waals surface area contributed by atoms with Crippen LogP contribution < -0.4 is 4.74 Å². The van der Waals surface area contributed by atoms with Gasteiger partial charge in [-0.25, -0.2) is 0 Å². The summed E-state index contributed by atoms with van der Waals surface area (Å²) in [5.74, 6) is 1.09. The van der Waals surface area contributed by atoms with Crippen molar-refractivity contribution >= 4 is 0 Å². The van der Waals surface area contributed by atoms with Crippen LogP contribution in [0.15, 0.2) is 12.1 Å². The second-order valence-electron chi connectivity index (χ2n) is 4.85. The van der Waals surface area contributed by atoms with Crippen molar-refractivity contribution in [1.82, 2.24) is 0 Å². The van der Waals surface area contributed by atoms with Crippen molar-refractivity contribution in [3.05, 3.63) is 28.8 Å². The Morgan fingerprint density at radius 2 is 1.93 bits per heavy atom. The van der Waals surface area contributed by atoms with Crippen LogP contribution in [-0.2, 0) is 6.42 Å². The molecule has 1 nitrogen and oxygen atoms in total. The minimum Gasteiger partial charge on any atom is -0.488 e. The number of aryl methyl sites for hydroxylation is 1.